The van der Waals surface area contributed by atoms with E-state index in [1.165, 1.54) is 23.7 Å². The molecule has 0 saturated carbocycles. The molecule has 2 unspecified atom stereocenters. The Morgan fingerprint density at radius 3 is 2.72 bits per heavy atom. The number of nitrogen functional groups attached to an aromatic ring is 1. The highest BCUT2D eigenvalue weighted by molar-refractivity contribution is 7.23. The van der Waals surface area contributed by atoms with Crippen molar-refractivity contribution < 1.29 is 35.9 Å². The number of amides is 1. The first kappa shape index (κ1) is 36.1. The first-order valence-corrected chi connectivity index (χ1v) is 18.1. The van der Waals surface area contributed by atoms with E-state index in [1.54, 1.807) is 4.90 Å². The summed E-state index contributed by atoms with van der Waals surface area (Å²) < 4.78 is 99.5. The van der Waals surface area contributed by atoms with Gasteiger partial charge in [-0.05, 0) is 37.1 Å². The Hall–Kier alpha value is -4.86. The van der Waals surface area contributed by atoms with Crippen LogP contribution in [0.2, 0.25) is 5.02 Å². The molecular formula is C35H30ClF6N9O2S. The minimum atomic E-state index is -5.16. The Morgan fingerprint density at radius 2 is 2.00 bits per heavy atom. The van der Waals surface area contributed by atoms with E-state index in [9.17, 15) is 18.8 Å². The fourth-order valence-corrected chi connectivity index (χ4v) is 9.18. The van der Waals surface area contributed by atoms with Crippen LogP contribution < -0.4 is 15.4 Å². The summed E-state index contributed by atoms with van der Waals surface area (Å²) in [6.45, 7) is 1.01. The Morgan fingerprint density at radius 1 is 1.22 bits per heavy atom. The van der Waals surface area contributed by atoms with Crippen molar-refractivity contribution in [3.05, 3.63) is 57.4 Å². The number of anilines is 2. The van der Waals surface area contributed by atoms with Gasteiger partial charge in [-0.1, -0.05) is 17.7 Å². The molecule has 11 nitrogen and oxygen atoms in total. The van der Waals surface area contributed by atoms with Gasteiger partial charge in [0.1, 0.15) is 41.0 Å². The Bertz CT molecular complexity index is 2430. The van der Waals surface area contributed by atoms with Gasteiger partial charge in [-0.15, -0.1) is 11.3 Å². The van der Waals surface area contributed by atoms with Crippen molar-refractivity contribution in [2.75, 3.05) is 51.0 Å². The zero-order valence-electron chi connectivity index (χ0n) is 28.7. The summed E-state index contributed by atoms with van der Waals surface area (Å²) in [6.07, 6.45) is -4.59. The van der Waals surface area contributed by atoms with E-state index in [1.807, 2.05) is 11.0 Å². The van der Waals surface area contributed by atoms with Crippen molar-refractivity contribution in [1.82, 2.24) is 29.5 Å². The molecule has 0 radical (unpaired) electrons. The van der Waals surface area contributed by atoms with Crippen LogP contribution in [0.3, 0.4) is 0 Å². The number of alkyl halides is 4. The van der Waals surface area contributed by atoms with Crippen LogP contribution >= 0.6 is 22.9 Å². The summed E-state index contributed by atoms with van der Waals surface area (Å²) in [7, 11) is 3.07. The van der Waals surface area contributed by atoms with Crippen molar-refractivity contribution in [2.45, 2.75) is 50.2 Å². The predicted octanol–water partition coefficient (Wildman–Crippen LogP) is 6.79. The highest BCUT2D eigenvalue weighted by Gasteiger charge is 2.49. The van der Waals surface area contributed by atoms with Crippen molar-refractivity contribution >= 4 is 60.7 Å². The predicted molar refractivity (Wildman–Crippen MR) is 189 cm³/mol. The Labute approximate surface area is 312 Å². The van der Waals surface area contributed by atoms with Gasteiger partial charge >= 0.3 is 12.2 Å². The van der Waals surface area contributed by atoms with Crippen LogP contribution in [0.1, 0.15) is 46.6 Å². The summed E-state index contributed by atoms with van der Waals surface area (Å²) in [6, 6.07) is 4.04. The number of carbonyl (C=O) groups excluding carboxylic acids is 1. The molecule has 5 aromatic rings. The average molecular weight is 790 g/mol. The molecule has 2 atom stereocenters. The van der Waals surface area contributed by atoms with Crippen molar-refractivity contribution in [2.24, 2.45) is 0 Å². The second-order valence-electron chi connectivity index (χ2n) is 13.9. The van der Waals surface area contributed by atoms with Crippen molar-refractivity contribution in [3.63, 3.8) is 0 Å². The molecule has 2 saturated heterocycles. The lowest BCUT2D eigenvalue weighted by Crippen LogP contribution is -2.43. The molecule has 2 fully saturated rings. The maximum atomic E-state index is 17.2. The molecule has 282 valence electrons. The van der Waals surface area contributed by atoms with Gasteiger partial charge in [0.15, 0.2) is 11.5 Å². The second kappa shape index (κ2) is 12.9. The monoisotopic (exact) mass is 789 g/mol. The molecule has 1 amide bonds. The minimum Gasteiger partial charge on any atom is -0.461 e. The number of nitrogens with two attached hydrogens (primary N) is 1. The summed E-state index contributed by atoms with van der Waals surface area (Å²) in [5.74, 6) is -2.83. The highest BCUT2D eigenvalue weighted by atomic mass is 35.5. The van der Waals surface area contributed by atoms with Crippen molar-refractivity contribution in [3.8, 4) is 23.2 Å². The van der Waals surface area contributed by atoms with Crippen LogP contribution in [-0.2, 0) is 19.3 Å². The first-order valence-electron chi connectivity index (χ1n) is 16.9. The third-order valence-corrected chi connectivity index (χ3v) is 11.9. The summed E-state index contributed by atoms with van der Waals surface area (Å²) in [4.78, 5) is 26.5. The van der Waals surface area contributed by atoms with E-state index in [4.69, 9.17) is 22.1 Å². The second-order valence-corrected chi connectivity index (χ2v) is 15.3. The van der Waals surface area contributed by atoms with E-state index in [2.05, 4.69) is 15.1 Å². The topological polar surface area (TPSA) is 129 Å². The number of halogens is 7. The van der Waals surface area contributed by atoms with Crippen LogP contribution in [-0.4, -0.2) is 87.5 Å². The average Bonchev–Trinajstić information content (AvgIpc) is 3.86. The minimum absolute atomic E-state index is 0.00958. The van der Waals surface area contributed by atoms with Gasteiger partial charge in [-0.25, -0.2) is 13.2 Å². The van der Waals surface area contributed by atoms with Gasteiger partial charge in [0.2, 0.25) is 0 Å². The number of rotatable bonds is 6. The number of thiophene rings is 1. The highest BCUT2D eigenvalue weighted by Crippen LogP contribution is 2.48. The molecule has 2 N–H and O–H groups in total. The molecule has 0 bridgehead atoms. The smallest absolute Gasteiger partial charge is 0.417 e. The normalized spacial score (nSPS) is 20.1. The molecule has 0 spiro atoms. The number of benzene rings is 2. The SMILES string of the molecule is CN(C)C(=O)c1nn2c(c1Cl)CN(c1nc(OCC34CCCN3CC(F)C4)nc3c(F)c(-c4ccc(F)c5sc(N)c(C#N)c45)c(C(F)(F)F)cc13)CC2. The molecule has 54 heavy (non-hydrogen) atoms. The molecule has 19 heteroatoms. The van der Waals surface area contributed by atoms with E-state index >= 15 is 17.6 Å². The first-order chi connectivity index (χ1) is 25.6. The number of fused-ring (bicyclic) bond motifs is 4. The van der Waals surface area contributed by atoms with Crippen molar-refractivity contribution in [1.29, 1.82) is 5.26 Å². The third kappa shape index (κ3) is 5.66. The maximum Gasteiger partial charge on any atom is 0.417 e. The maximum absolute atomic E-state index is 17.2. The number of nitrogens with zero attached hydrogens (tertiary/aromatic N) is 8. The number of hydrogen-bond acceptors (Lipinski definition) is 10. The molecule has 6 heterocycles. The van der Waals surface area contributed by atoms with Crippen LogP contribution in [0, 0.1) is 23.0 Å². The number of carbonyl (C=O) groups is 1. The Kier molecular flexibility index (Phi) is 8.62. The summed E-state index contributed by atoms with van der Waals surface area (Å²) in [5.41, 5.74) is 2.06. The quantitative estimate of drug-likeness (QED) is 0.185. The van der Waals surface area contributed by atoms with Gasteiger partial charge in [0.25, 0.3) is 5.91 Å². The fraction of sp³-hybridized carbons (Fsp3) is 0.400. The molecule has 3 aliphatic heterocycles. The van der Waals surface area contributed by atoms with Gasteiger partial charge in [0.05, 0.1) is 45.2 Å². The number of ether oxygens (including phenoxy) is 1. The molecule has 3 aromatic heterocycles. The third-order valence-electron chi connectivity index (χ3n) is 10.5. The molecule has 8 rings (SSSR count). The van der Waals surface area contributed by atoms with E-state index in [-0.39, 0.29) is 87.8 Å². The summed E-state index contributed by atoms with van der Waals surface area (Å²) in [5, 5.41) is 13.5. The zero-order chi connectivity index (χ0) is 38.4. The van der Waals surface area contributed by atoms with Gasteiger partial charge in [-0.2, -0.15) is 33.5 Å². The van der Waals surface area contributed by atoms with E-state index < -0.39 is 57.6 Å². The van der Waals surface area contributed by atoms with Crippen LogP contribution in [0.25, 0.3) is 32.1 Å². The van der Waals surface area contributed by atoms with Crippen LogP contribution in [0.15, 0.2) is 18.2 Å². The standard InChI is InChI=1S/C35H30ClF6N9O2S/c1-48(2)32(52)28-25(36)22-14-49(8-9-51(22)47-28)31-18-10-20(35(40,41)42)24(17-4-5-21(38)29-23(17)19(12-43)30(44)54-29)26(39)27(18)45-33(46-31)53-15-34-6-3-7-50(34)13-16(37)11-34/h4-5,10,16H,3,6-9,11,13-15,44H2,1-2H3. The zero-order valence-corrected chi connectivity index (χ0v) is 30.3. The molecular weight excluding hydrogens is 760 g/mol. The summed E-state index contributed by atoms with van der Waals surface area (Å²) >= 11 is 7.30. The molecule has 0 aliphatic carbocycles. The van der Waals surface area contributed by atoms with E-state index in [0.717, 1.165) is 24.6 Å². The largest absolute Gasteiger partial charge is 0.461 e. The number of aromatic nitrogens is 4. The van der Waals surface area contributed by atoms with Crippen LogP contribution in [0.4, 0.5) is 37.2 Å². The van der Waals surface area contributed by atoms with Gasteiger partial charge in [0, 0.05) is 49.9 Å². The Balaban J connectivity index is 1.33. The number of hydrogen-bond donors (Lipinski definition) is 1. The van der Waals surface area contributed by atoms with Crippen LogP contribution in [0.5, 0.6) is 6.01 Å². The molecule has 2 aromatic carbocycles. The molecule has 3 aliphatic rings. The lowest BCUT2D eigenvalue weighted by molar-refractivity contribution is -0.137. The lowest BCUT2D eigenvalue weighted by Gasteiger charge is -2.32. The van der Waals surface area contributed by atoms with Gasteiger partial charge < -0.3 is 20.3 Å². The van der Waals surface area contributed by atoms with E-state index in [0.29, 0.717) is 30.0 Å². The van der Waals surface area contributed by atoms with Gasteiger partial charge in [-0.3, -0.25) is 14.4 Å². The number of nitriles is 1. The fourth-order valence-electron chi connectivity index (χ4n) is 7.96. The lowest BCUT2D eigenvalue weighted by atomic mass is 9.92.